The van der Waals surface area contributed by atoms with Crippen molar-refractivity contribution >= 4 is 17.0 Å². The standard InChI is InChI=1S/C21H24N10/c1-3-30-19(14-8-22-12(2)23-9-14)27-17-18(24-11-25-21(17)30)26-15-6-7-16-28-29-20(13-4-5-13)31(16)10-15/h8-9,11,13,15H,3-7,10H2,1-2H3,(H,24,25,26). The molecule has 0 spiro atoms. The Kier molecular flexibility index (Phi) is 4.18. The number of aromatic nitrogens is 9. The van der Waals surface area contributed by atoms with Gasteiger partial charge in [-0.3, -0.25) is 0 Å². The summed E-state index contributed by atoms with van der Waals surface area (Å²) in [7, 11) is 0. The summed E-state index contributed by atoms with van der Waals surface area (Å²) in [6, 6.07) is 0.247. The third kappa shape index (κ3) is 3.13. The van der Waals surface area contributed by atoms with E-state index < -0.39 is 0 Å². The smallest absolute Gasteiger partial charge is 0.165 e. The summed E-state index contributed by atoms with van der Waals surface area (Å²) in [5.41, 5.74) is 2.46. The van der Waals surface area contributed by atoms with Crippen LogP contribution >= 0.6 is 0 Å². The molecule has 4 aromatic rings. The van der Waals surface area contributed by atoms with E-state index in [0.29, 0.717) is 5.92 Å². The molecule has 1 aliphatic carbocycles. The number of nitrogens with one attached hydrogen (secondary N) is 1. The molecule has 0 bridgehead atoms. The molecular formula is C21H24N10. The average Bonchev–Trinajstić information content (AvgIpc) is 3.43. The largest absolute Gasteiger partial charge is 0.364 e. The highest BCUT2D eigenvalue weighted by atomic mass is 15.3. The van der Waals surface area contributed by atoms with E-state index in [1.54, 1.807) is 6.33 Å². The lowest BCUT2D eigenvalue weighted by atomic mass is 10.1. The van der Waals surface area contributed by atoms with E-state index in [0.717, 1.165) is 71.8 Å². The van der Waals surface area contributed by atoms with Crippen LogP contribution in [-0.2, 0) is 19.5 Å². The third-order valence-electron chi connectivity index (χ3n) is 6.15. The van der Waals surface area contributed by atoms with Crippen molar-refractivity contribution in [2.24, 2.45) is 0 Å². The molecule has 1 fully saturated rings. The second-order valence-electron chi connectivity index (χ2n) is 8.33. The normalized spacial score (nSPS) is 18.3. The van der Waals surface area contributed by atoms with Crippen molar-refractivity contribution in [1.29, 1.82) is 0 Å². The molecule has 1 unspecified atom stereocenters. The molecule has 4 aromatic heterocycles. The predicted molar refractivity (Wildman–Crippen MR) is 114 cm³/mol. The molecule has 0 amide bonds. The fourth-order valence-electron chi connectivity index (χ4n) is 4.37. The molecule has 31 heavy (non-hydrogen) atoms. The van der Waals surface area contributed by atoms with Crippen LogP contribution in [0.15, 0.2) is 18.7 Å². The number of hydrogen-bond donors (Lipinski definition) is 1. The lowest BCUT2D eigenvalue weighted by molar-refractivity contribution is 0.465. The molecule has 1 atom stereocenters. The summed E-state index contributed by atoms with van der Waals surface area (Å²) >= 11 is 0. The molecular weight excluding hydrogens is 392 g/mol. The molecule has 1 N–H and O–H groups in total. The third-order valence-corrected chi connectivity index (χ3v) is 6.15. The second kappa shape index (κ2) is 7.07. The van der Waals surface area contributed by atoms with Crippen LogP contribution in [0.1, 0.15) is 49.6 Å². The van der Waals surface area contributed by atoms with Crippen molar-refractivity contribution in [1.82, 2.24) is 44.3 Å². The molecule has 0 radical (unpaired) electrons. The van der Waals surface area contributed by atoms with E-state index in [1.165, 1.54) is 12.8 Å². The Balaban J connectivity index is 1.34. The van der Waals surface area contributed by atoms with Gasteiger partial charge in [-0.25, -0.2) is 24.9 Å². The maximum Gasteiger partial charge on any atom is 0.165 e. The zero-order valence-corrected chi connectivity index (χ0v) is 17.7. The molecule has 10 nitrogen and oxygen atoms in total. The highest BCUT2D eigenvalue weighted by Gasteiger charge is 2.33. The monoisotopic (exact) mass is 416 g/mol. The highest BCUT2D eigenvalue weighted by Crippen LogP contribution is 2.40. The van der Waals surface area contributed by atoms with Crippen LogP contribution in [0.4, 0.5) is 5.82 Å². The van der Waals surface area contributed by atoms with Crippen molar-refractivity contribution in [2.75, 3.05) is 5.32 Å². The Hall–Kier alpha value is -3.43. The van der Waals surface area contributed by atoms with Gasteiger partial charge in [0.25, 0.3) is 0 Å². The first-order chi connectivity index (χ1) is 15.2. The summed E-state index contributed by atoms with van der Waals surface area (Å²) in [6.07, 6.45) is 9.58. The van der Waals surface area contributed by atoms with Crippen LogP contribution in [0.25, 0.3) is 22.6 Å². The molecule has 1 aliphatic heterocycles. The van der Waals surface area contributed by atoms with E-state index >= 15 is 0 Å². The fraction of sp³-hybridized carbons (Fsp3) is 0.476. The Morgan fingerprint density at radius 2 is 1.90 bits per heavy atom. The van der Waals surface area contributed by atoms with Crippen LogP contribution < -0.4 is 5.32 Å². The van der Waals surface area contributed by atoms with Crippen LogP contribution in [0.3, 0.4) is 0 Å². The van der Waals surface area contributed by atoms with E-state index in [4.69, 9.17) is 4.98 Å². The van der Waals surface area contributed by atoms with Crippen LogP contribution in [0, 0.1) is 6.92 Å². The van der Waals surface area contributed by atoms with Gasteiger partial charge in [0.15, 0.2) is 17.0 Å². The molecule has 0 saturated heterocycles. The summed E-state index contributed by atoms with van der Waals surface area (Å²) < 4.78 is 4.39. The van der Waals surface area contributed by atoms with Crippen LogP contribution in [-0.4, -0.2) is 50.3 Å². The van der Waals surface area contributed by atoms with E-state index in [2.05, 4.69) is 51.5 Å². The Morgan fingerprint density at radius 1 is 1.06 bits per heavy atom. The zero-order chi connectivity index (χ0) is 20.9. The summed E-state index contributed by atoms with van der Waals surface area (Å²) in [6.45, 7) is 5.56. The van der Waals surface area contributed by atoms with Crippen molar-refractivity contribution in [3.63, 3.8) is 0 Å². The maximum absolute atomic E-state index is 4.90. The van der Waals surface area contributed by atoms with Gasteiger partial charge in [0.1, 0.15) is 29.6 Å². The molecule has 10 heteroatoms. The quantitative estimate of drug-likeness (QED) is 0.528. The first-order valence-electron chi connectivity index (χ1n) is 10.9. The molecule has 5 heterocycles. The number of hydrogen-bond acceptors (Lipinski definition) is 8. The van der Waals surface area contributed by atoms with Crippen molar-refractivity contribution in [2.45, 2.75) is 64.6 Å². The topological polar surface area (TPSA) is 112 Å². The van der Waals surface area contributed by atoms with Gasteiger partial charge < -0.3 is 14.5 Å². The lowest BCUT2D eigenvalue weighted by Crippen LogP contribution is -2.32. The first-order valence-corrected chi connectivity index (χ1v) is 10.9. The minimum absolute atomic E-state index is 0.247. The van der Waals surface area contributed by atoms with Crippen molar-refractivity contribution in [3.8, 4) is 11.4 Å². The summed E-state index contributed by atoms with van der Waals surface area (Å²) in [4.78, 5) is 22.6. The number of fused-ring (bicyclic) bond motifs is 2. The van der Waals surface area contributed by atoms with Gasteiger partial charge in [-0.05, 0) is 33.1 Å². The van der Waals surface area contributed by atoms with E-state index in [1.807, 2.05) is 19.3 Å². The van der Waals surface area contributed by atoms with Crippen molar-refractivity contribution < 1.29 is 0 Å². The van der Waals surface area contributed by atoms with Gasteiger partial charge in [0.2, 0.25) is 0 Å². The number of aryl methyl sites for hydroxylation is 3. The van der Waals surface area contributed by atoms with E-state index in [9.17, 15) is 0 Å². The lowest BCUT2D eigenvalue weighted by Gasteiger charge is -2.25. The molecule has 6 rings (SSSR count). The molecule has 2 aliphatic rings. The highest BCUT2D eigenvalue weighted by molar-refractivity contribution is 5.86. The minimum atomic E-state index is 0.247. The van der Waals surface area contributed by atoms with E-state index in [-0.39, 0.29) is 6.04 Å². The SMILES string of the molecule is CCn1c(-c2cnc(C)nc2)nc2c(NC3CCc4nnc(C5CC5)n4C3)ncnc21. The summed E-state index contributed by atoms with van der Waals surface area (Å²) in [5, 5.41) is 12.5. The molecule has 0 aromatic carbocycles. The number of rotatable bonds is 5. The van der Waals surface area contributed by atoms with Gasteiger partial charge in [-0.15, -0.1) is 10.2 Å². The summed E-state index contributed by atoms with van der Waals surface area (Å²) in [5.74, 6) is 5.14. The van der Waals surface area contributed by atoms with Gasteiger partial charge in [-0.1, -0.05) is 0 Å². The Morgan fingerprint density at radius 3 is 2.68 bits per heavy atom. The predicted octanol–water partition coefficient (Wildman–Crippen LogP) is 2.51. The van der Waals surface area contributed by atoms with Gasteiger partial charge in [-0.2, -0.15) is 0 Å². The fourth-order valence-corrected chi connectivity index (χ4v) is 4.37. The van der Waals surface area contributed by atoms with Crippen LogP contribution in [0.2, 0.25) is 0 Å². The number of imidazole rings is 1. The Bertz CT molecular complexity index is 1250. The first kappa shape index (κ1) is 18.3. The second-order valence-corrected chi connectivity index (χ2v) is 8.33. The van der Waals surface area contributed by atoms with Crippen molar-refractivity contribution in [3.05, 3.63) is 36.2 Å². The molecule has 158 valence electrons. The zero-order valence-electron chi connectivity index (χ0n) is 17.7. The van der Waals surface area contributed by atoms with Gasteiger partial charge in [0.05, 0.1) is 5.56 Å². The number of anilines is 1. The Labute approximate surface area is 179 Å². The molecule has 1 saturated carbocycles. The average molecular weight is 416 g/mol. The van der Waals surface area contributed by atoms with Crippen LogP contribution in [0.5, 0.6) is 0 Å². The minimum Gasteiger partial charge on any atom is -0.364 e. The van der Waals surface area contributed by atoms with Gasteiger partial charge in [0, 0.05) is 43.9 Å². The maximum atomic E-state index is 4.90. The number of nitrogens with zero attached hydrogens (tertiary/aromatic N) is 9. The van der Waals surface area contributed by atoms with Gasteiger partial charge >= 0.3 is 0 Å².